The molecule has 1 aliphatic heterocycles. The predicted octanol–water partition coefficient (Wildman–Crippen LogP) is 5.99. The zero-order chi connectivity index (χ0) is 17.3. The molecule has 0 bridgehead atoms. The summed E-state index contributed by atoms with van der Waals surface area (Å²) in [4.78, 5) is 2.56. The summed E-state index contributed by atoms with van der Waals surface area (Å²) in [5.41, 5.74) is 5.58. The van der Waals surface area contributed by atoms with Crippen LogP contribution in [-0.2, 0) is 6.42 Å². The van der Waals surface area contributed by atoms with Gasteiger partial charge in [0.1, 0.15) is 0 Å². The Morgan fingerprint density at radius 2 is 1.31 bits per heavy atom. The van der Waals surface area contributed by atoms with Crippen LogP contribution in [-0.4, -0.2) is 6.54 Å². The average Bonchev–Trinajstić information content (AvgIpc) is 2.73. The van der Waals surface area contributed by atoms with E-state index in [1.165, 1.54) is 33.2 Å². The van der Waals surface area contributed by atoms with Crippen molar-refractivity contribution in [2.24, 2.45) is 0 Å². The number of hydrogen-bond donors (Lipinski definition) is 0. The first kappa shape index (κ1) is 15.2. The van der Waals surface area contributed by atoms with Gasteiger partial charge in [-0.2, -0.15) is 0 Å². The molecular formula is C25H21N. The van der Waals surface area contributed by atoms with Gasteiger partial charge in [-0.3, -0.25) is 0 Å². The van der Waals surface area contributed by atoms with Crippen LogP contribution in [0.15, 0.2) is 97.1 Å². The first-order valence-electron chi connectivity index (χ1n) is 9.29. The van der Waals surface area contributed by atoms with E-state index in [-0.39, 0.29) is 6.04 Å². The second-order valence-corrected chi connectivity index (χ2v) is 6.95. The van der Waals surface area contributed by atoms with Crippen LogP contribution in [0.2, 0.25) is 0 Å². The standard InChI is InChI=1S/C25H21N/c1-2-12-21(13-3-1)26-18-17-20-10-5-7-15-23(20)25(26)24-16-8-11-19-9-4-6-14-22(19)24/h1-16,25H,17-18H2. The lowest BCUT2D eigenvalue weighted by Crippen LogP contribution is -2.36. The number of fused-ring (bicyclic) bond motifs is 2. The number of anilines is 1. The van der Waals surface area contributed by atoms with Gasteiger partial charge in [0.25, 0.3) is 0 Å². The molecule has 0 N–H and O–H groups in total. The number of hydrogen-bond acceptors (Lipinski definition) is 1. The van der Waals surface area contributed by atoms with Gasteiger partial charge >= 0.3 is 0 Å². The average molecular weight is 335 g/mol. The summed E-state index contributed by atoms with van der Waals surface area (Å²) in [6, 6.07) is 35.4. The van der Waals surface area contributed by atoms with Gasteiger partial charge in [-0.05, 0) is 46.0 Å². The van der Waals surface area contributed by atoms with Gasteiger partial charge < -0.3 is 4.90 Å². The van der Waals surface area contributed by atoms with Gasteiger partial charge in [0, 0.05) is 12.2 Å². The Balaban J connectivity index is 1.76. The molecule has 0 spiro atoms. The van der Waals surface area contributed by atoms with Crippen molar-refractivity contribution in [2.75, 3.05) is 11.4 Å². The molecule has 0 saturated carbocycles. The van der Waals surface area contributed by atoms with E-state index >= 15 is 0 Å². The Labute approximate surface area is 154 Å². The fourth-order valence-corrected chi connectivity index (χ4v) is 4.29. The summed E-state index contributed by atoms with van der Waals surface area (Å²) in [6.45, 7) is 1.04. The molecule has 4 aromatic carbocycles. The Hall–Kier alpha value is -3.06. The molecule has 1 nitrogen and oxygen atoms in total. The van der Waals surface area contributed by atoms with Gasteiger partial charge in [0.05, 0.1) is 6.04 Å². The summed E-state index contributed by atoms with van der Waals surface area (Å²) in [5.74, 6) is 0. The van der Waals surface area contributed by atoms with E-state index in [1.807, 2.05) is 0 Å². The fraction of sp³-hybridized carbons (Fsp3) is 0.120. The molecule has 0 saturated heterocycles. The van der Waals surface area contributed by atoms with Crippen LogP contribution in [0, 0.1) is 0 Å². The first-order valence-corrected chi connectivity index (χ1v) is 9.29. The second-order valence-electron chi connectivity index (χ2n) is 6.95. The van der Waals surface area contributed by atoms with Crippen molar-refractivity contribution < 1.29 is 0 Å². The van der Waals surface area contributed by atoms with Gasteiger partial charge in [-0.1, -0.05) is 84.9 Å². The lowest BCUT2D eigenvalue weighted by atomic mass is 9.85. The molecule has 0 aromatic heterocycles. The van der Waals surface area contributed by atoms with Crippen molar-refractivity contribution in [3.05, 3.63) is 114 Å². The van der Waals surface area contributed by atoms with E-state index < -0.39 is 0 Å². The molecule has 4 aromatic rings. The third kappa shape index (κ3) is 2.48. The van der Waals surface area contributed by atoms with Gasteiger partial charge in [-0.15, -0.1) is 0 Å². The molecule has 0 aliphatic carbocycles. The zero-order valence-corrected chi connectivity index (χ0v) is 14.7. The molecule has 1 unspecified atom stereocenters. The van der Waals surface area contributed by atoms with E-state index in [4.69, 9.17) is 0 Å². The SMILES string of the molecule is c1ccc(N2CCc3ccccc3C2c2cccc3ccccc23)cc1. The largest absolute Gasteiger partial charge is 0.360 e. The molecule has 0 radical (unpaired) electrons. The zero-order valence-electron chi connectivity index (χ0n) is 14.7. The Kier molecular flexibility index (Phi) is 3.71. The van der Waals surface area contributed by atoms with Crippen molar-refractivity contribution >= 4 is 16.5 Å². The summed E-state index contributed by atoms with van der Waals surface area (Å²) in [6.07, 6.45) is 1.09. The van der Waals surface area contributed by atoms with Gasteiger partial charge in [0.2, 0.25) is 0 Å². The van der Waals surface area contributed by atoms with Crippen LogP contribution in [0.25, 0.3) is 10.8 Å². The Morgan fingerprint density at radius 3 is 2.23 bits per heavy atom. The van der Waals surface area contributed by atoms with Crippen molar-refractivity contribution in [3.63, 3.8) is 0 Å². The molecule has 1 aliphatic rings. The highest BCUT2D eigenvalue weighted by Crippen LogP contribution is 2.40. The maximum absolute atomic E-state index is 2.56. The lowest BCUT2D eigenvalue weighted by molar-refractivity contribution is 0.656. The third-order valence-corrected chi connectivity index (χ3v) is 5.49. The summed E-state index contributed by atoms with van der Waals surface area (Å²) < 4.78 is 0. The van der Waals surface area contributed by atoms with Crippen LogP contribution in [0.3, 0.4) is 0 Å². The highest BCUT2D eigenvalue weighted by atomic mass is 15.2. The van der Waals surface area contributed by atoms with Gasteiger partial charge in [-0.25, -0.2) is 0 Å². The van der Waals surface area contributed by atoms with Crippen LogP contribution in [0.5, 0.6) is 0 Å². The second kappa shape index (κ2) is 6.34. The minimum atomic E-state index is 0.244. The molecule has 1 atom stereocenters. The van der Waals surface area contributed by atoms with Crippen molar-refractivity contribution in [1.29, 1.82) is 0 Å². The monoisotopic (exact) mass is 335 g/mol. The minimum absolute atomic E-state index is 0.244. The topological polar surface area (TPSA) is 3.24 Å². The van der Waals surface area contributed by atoms with Crippen molar-refractivity contribution in [3.8, 4) is 0 Å². The van der Waals surface area contributed by atoms with Gasteiger partial charge in [0.15, 0.2) is 0 Å². The molecule has 1 heterocycles. The number of para-hydroxylation sites is 1. The van der Waals surface area contributed by atoms with Crippen LogP contribution < -0.4 is 4.90 Å². The molecule has 5 rings (SSSR count). The lowest BCUT2D eigenvalue weighted by Gasteiger charge is -2.40. The molecule has 0 fully saturated rings. The number of nitrogens with zero attached hydrogens (tertiary/aromatic N) is 1. The number of benzene rings is 4. The van der Waals surface area contributed by atoms with E-state index in [9.17, 15) is 0 Å². The van der Waals surface area contributed by atoms with E-state index in [1.54, 1.807) is 0 Å². The highest BCUT2D eigenvalue weighted by Gasteiger charge is 2.29. The molecule has 0 amide bonds. The predicted molar refractivity (Wildman–Crippen MR) is 110 cm³/mol. The van der Waals surface area contributed by atoms with Crippen molar-refractivity contribution in [2.45, 2.75) is 12.5 Å². The first-order chi connectivity index (χ1) is 12.9. The normalized spacial score (nSPS) is 16.5. The Bertz CT molecular complexity index is 1050. The number of rotatable bonds is 2. The molecule has 26 heavy (non-hydrogen) atoms. The van der Waals surface area contributed by atoms with Crippen LogP contribution >= 0.6 is 0 Å². The molecular weight excluding hydrogens is 314 g/mol. The smallest absolute Gasteiger partial charge is 0.0804 e. The van der Waals surface area contributed by atoms with E-state index in [0.717, 1.165) is 13.0 Å². The molecule has 1 heteroatoms. The maximum Gasteiger partial charge on any atom is 0.0804 e. The van der Waals surface area contributed by atoms with Crippen LogP contribution in [0.1, 0.15) is 22.7 Å². The Morgan fingerprint density at radius 1 is 0.615 bits per heavy atom. The highest BCUT2D eigenvalue weighted by molar-refractivity contribution is 5.87. The third-order valence-electron chi connectivity index (χ3n) is 5.49. The summed E-state index contributed by atoms with van der Waals surface area (Å²) in [7, 11) is 0. The molecule has 126 valence electrons. The van der Waals surface area contributed by atoms with E-state index in [0.29, 0.717) is 0 Å². The quantitative estimate of drug-likeness (QED) is 0.435. The van der Waals surface area contributed by atoms with Crippen molar-refractivity contribution in [1.82, 2.24) is 0 Å². The minimum Gasteiger partial charge on any atom is -0.360 e. The maximum atomic E-state index is 2.56. The van der Waals surface area contributed by atoms with Crippen LogP contribution in [0.4, 0.5) is 5.69 Å². The summed E-state index contributed by atoms with van der Waals surface area (Å²) >= 11 is 0. The fourth-order valence-electron chi connectivity index (χ4n) is 4.29. The van der Waals surface area contributed by atoms with E-state index in [2.05, 4.69) is 102 Å². The summed E-state index contributed by atoms with van der Waals surface area (Å²) in [5, 5.41) is 2.65.